The Kier molecular flexibility index (Phi) is 4.93. The second-order valence-electron chi connectivity index (χ2n) is 4.98. The summed E-state index contributed by atoms with van der Waals surface area (Å²) < 4.78 is 6.97. The molecule has 19 heavy (non-hydrogen) atoms. The number of hydrogen-bond donors (Lipinski definition) is 1. The molecular weight excluding hydrogens is 244 g/mol. The van der Waals surface area contributed by atoms with Crippen LogP contribution in [0.3, 0.4) is 0 Å². The standard InChI is InChI=1S/C13H22N4O2/c1-11(10-16-6-8-19-9-7-16)15-13(18)12(2)17-5-3-4-14-17/h3-5,11-12H,6-10H2,1-2H3,(H,15,18). The van der Waals surface area contributed by atoms with E-state index in [2.05, 4.69) is 15.3 Å². The van der Waals surface area contributed by atoms with Gasteiger partial charge in [0.2, 0.25) is 5.91 Å². The lowest BCUT2D eigenvalue weighted by atomic mass is 10.2. The first-order valence-corrected chi connectivity index (χ1v) is 6.76. The fraction of sp³-hybridized carbons (Fsp3) is 0.692. The summed E-state index contributed by atoms with van der Waals surface area (Å²) >= 11 is 0. The first-order chi connectivity index (χ1) is 9.16. The van der Waals surface area contributed by atoms with Crippen LogP contribution < -0.4 is 5.32 Å². The molecule has 0 radical (unpaired) electrons. The Hall–Kier alpha value is -1.40. The van der Waals surface area contributed by atoms with Gasteiger partial charge in [0, 0.05) is 38.1 Å². The number of ether oxygens (including phenoxy) is 1. The number of nitrogens with zero attached hydrogens (tertiary/aromatic N) is 3. The number of carbonyl (C=O) groups is 1. The molecule has 2 heterocycles. The Balaban J connectivity index is 1.77. The maximum atomic E-state index is 12.1. The molecular formula is C13H22N4O2. The third kappa shape index (κ3) is 4.04. The van der Waals surface area contributed by atoms with Crippen molar-refractivity contribution in [3.8, 4) is 0 Å². The molecule has 1 aromatic rings. The zero-order valence-corrected chi connectivity index (χ0v) is 11.6. The minimum atomic E-state index is -0.276. The number of nitrogens with one attached hydrogen (secondary N) is 1. The maximum absolute atomic E-state index is 12.1. The van der Waals surface area contributed by atoms with E-state index >= 15 is 0 Å². The van der Waals surface area contributed by atoms with E-state index in [9.17, 15) is 4.79 Å². The lowest BCUT2D eigenvalue weighted by molar-refractivity contribution is -0.124. The SMILES string of the molecule is CC(CN1CCOCC1)NC(=O)C(C)n1cccn1. The summed E-state index contributed by atoms with van der Waals surface area (Å²) in [4.78, 5) is 14.4. The molecule has 0 bridgehead atoms. The van der Waals surface area contributed by atoms with Crippen LogP contribution in [0.25, 0.3) is 0 Å². The van der Waals surface area contributed by atoms with E-state index in [1.165, 1.54) is 0 Å². The second-order valence-corrected chi connectivity index (χ2v) is 4.98. The summed E-state index contributed by atoms with van der Waals surface area (Å²) in [5, 5.41) is 7.12. The highest BCUT2D eigenvalue weighted by atomic mass is 16.5. The summed E-state index contributed by atoms with van der Waals surface area (Å²) in [6.07, 6.45) is 3.48. The van der Waals surface area contributed by atoms with Crippen LogP contribution in [-0.2, 0) is 9.53 Å². The Morgan fingerprint density at radius 3 is 2.79 bits per heavy atom. The van der Waals surface area contributed by atoms with Crippen LogP contribution in [0.15, 0.2) is 18.5 Å². The van der Waals surface area contributed by atoms with Gasteiger partial charge in [-0.05, 0) is 19.9 Å². The number of morpholine rings is 1. The summed E-state index contributed by atoms with van der Waals surface area (Å²) in [5.41, 5.74) is 0. The highest BCUT2D eigenvalue weighted by molar-refractivity contribution is 5.80. The van der Waals surface area contributed by atoms with Crippen molar-refractivity contribution in [3.63, 3.8) is 0 Å². The molecule has 0 aromatic carbocycles. The predicted molar refractivity (Wildman–Crippen MR) is 71.8 cm³/mol. The van der Waals surface area contributed by atoms with Crippen molar-refractivity contribution in [2.75, 3.05) is 32.8 Å². The van der Waals surface area contributed by atoms with Crippen LogP contribution in [0.1, 0.15) is 19.9 Å². The lowest BCUT2D eigenvalue weighted by Gasteiger charge is -2.29. The molecule has 106 valence electrons. The molecule has 2 rings (SSSR count). The summed E-state index contributed by atoms with van der Waals surface area (Å²) in [6, 6.07) is 1.67. The van der Waals surface area contributed by atoms with Gasteiger partial charge in [-0.15, -0.1) is 0 Å². The van der Waals surface area contributed by atoms with E-state index < -0.39 is 0 Å². The molecule has 1 aliphatic rings. The normalized spacial score (nSPS) is 19.9. The summed E-state index contributed by atoms with van der Waals surface area (Å²) in [6.45, 7) is 8.19. The zero-order chi connectivity index (χ0) is 13.7. The van der Waals surface area contributed by atoms with Crippen molar-refractivity contribution in [2.45, 2.75) is 25.9 Å². The fourth-order valence-corrected chi connectivity index (χ4v) is 2.21. The molecule has 6 heteroatoms. The molecule has 1 amide bonds. The van der Waals surface area contributed by atoms with Crippen molar-refractivity contribution in [3.05, 3.63) is 18.5 Å². The van der Waals surface area contributed by atoms with Crippen LogP contribution in [0.4, 0.5) is 0 Å². The van der Waals surface area contributed by atoms with Crippen LogP contribution in [-0.4, -0.2) is 59.5 Å². The van der Waals surface area contributed by atoms with Gasteiger partial charge in [0.1, 0.15) is 6.04 Å². The highest BCUT2D eigenvalue weighted by Gasteiger charge is 2.19. The Morgan fingerprint density at radius 1 is 1.42 bits per heavy atom. The molecule has 0 saturated carbocycles. The maximum Gasteiger partial charge on any atom is 0.244 e. The molecule has 6 nitrogen and oxygen atoms in total. The van der Waals surface area contributed by atoms with Crippen molar-refractivity contribution in [2.24, 2.45) is 0 Å². The molecule has 1 aliphatic heterocycles. The Bertz CT molecular complexity index is 387. The lowest BCUT2D eigenvalue weighted by Crippen LogP contribution is -2.47. The highest BCUT2D eigenvalue weighted by Crippen LogP contribution is 2.04. The third-order valence-corrected chi connectivity index (χ3v) is 3.33. The van der Waals surface area contributed by atoms with Gasteiger partial charge in [0.25, 0.3) is 0 Å². The van der Waals surface area contributed by atoms with Gasteiger partial charge in [-0.3, -0.25) is 14.4 Å². The monoisotopic (exact) mass is 266 g/mol. The third-order valence-electron chi connectivity index (χ3n) is 3.33. The van der Waals surface area contributed by atoms with E-state index in [4.69, 9.17) is 4.74 Å². The van der Waals surface area contributed by atoms with E-state index in [1.54, 1.807) is 17.1 Å². The number of amides is 1. The predicted octanol–water partition coefficient (Wildman–Crippen LogP) is 0.281. The Labute approximate surface area is 113 Å². The van der Waals surface area contributed by atoms with E-state index in [0.717, 1.165) is 32.8 Å². The quantitative estimate of drug-likeness (QED) is 0.831. The zero-order valence-electron chi connectivity index (χ0n) is 11.6. The van der Waals surface area contributed by atoms with Gasteiger partial charge in [-0.2, -0.15) is 5.10 Å². The van der Waals surface area contributed by atoms with Crippen LogP contribution in [0, 0.1) is 0 Å². The van der Waals surface area contributed by atoms with Gasteiger partial charge >= 0.3 is 0 Å². The first kappa shape index (κ1) is 14.0. The molecule has 1 N–H and O–H groups in total. The van der Waals surface area contributed by atoms with Crippen molar-refractivity contribution in [1.29, 1.82) is 0 Å². The van der Waals surface area contributed by atoms with E-state index in [1.807, 2.05) is 19.9 Å². The number of carbonyl (C=O) groups excluding carboxylic acids is 1. The van der Waals surface area contributed by atoms with Gasteiger partial charge in [-0.25, -0.2) is 0 Å². The van der Waals surface area contributed by atoms with Crippen molar-refractivity contribution < 1.29 is 9.53 Å². The minimum Gasteiger partial charge on any atom is -0.379 e. The summed E-state index contributed by atoms with van der Waals surface area (Å²) in [5.74, 6) is 0.00413. The number of aromatic nitrogens is 2. The largest absolute Gasteiger partial charge is 0.379 e. The Morgan fingerprint density at radius 2 is 2.16 bits per heavy atom. The smallest absolute Gasteiger partial charge is 0.244 e. The molecule has 0 spiro atoms. The average molecular weight is 266 g/mol. The molecule has 1 aromatic heterocycles. The van der Waals surface area contributed by atoms with Gasteiger partial charge in [0.05, 0.1) is 13.2 Å². The van der Waals surface area contributed by atoms with Gasteiger partial charge < -0.3 is 10.1 Å². The van der Waals surface area contributed by atoms with Gasteiger partial charge in [0.15, 0.2) is 0 Å². The van der Waals surface area contributed by atoms with Crippen LogP contribution in [0.5, 0.6) is 0 Å². The molecule has 1 saturated heterocycles. The van der Waals surface area contributed by atoms with Crippen molar-refractivity contribution >= 4 is 5.91 Å². The number of hydrogen-bond acceptors (Lipinski definition) is 4. The van der Waals surface area contributed by atoms with Crippen LogP contribution in [0.2, 0.25) is 0 Å². The molecule has 0 aliphatic carbocycles. The van der Waals surface area contributed by atoms with Gasteiger partial charge in [-0.1, -0.05) is 0 Å². The number of rotatable bonds is 5. The first-order valence-electron chi connectivity index (χ1n) is 6.76. The van der Waals surface area contributed by atoms with E-state index in [-0.39, 0.29) is 18.0 Å². The average Bonchev–Trinajstić information content (AvgIpc) is 2.92. The summed E-state index contributed by atoms with van der Waals surface area (Å²) in [7, 11) is 0. The minimum absolute atomic E-state index is 0.00413. The molecule has 2 atom stereocenters. The van der Waals surface area contributed by atoms with E-state index in [0.29, 0.717) is 0 Å². The molecule has 2 unspecified atom stereocenters. The van der Waals surface area contributed by atoms with Crippen LogP contribution >= 0.6 is 0 Å². The fourth-order valence-electron chi connectivity index (χ4n) is 2.21. The molecule has 1 fully saturated rings. The van der Waals surface area contributed by atoms with Crippen molar-refractivity contribution in [1.82, 2.24) is 20.0 Å². The topological polar surface area (TPSA) is 59.4 Å². The second kappa shape index (κ2) is 6.68.